The number of aryl methyl sites for hydroxylation is 1. The molecule has 0 N–H and O–H groups in total. The molecule has 4 nitrogen and oxygen atoms in total. The quantitative estimate of drug-likeness (QED) is 0.583. The minimum atomic E-state index is -3.58. The predicted octanol–water partition coefficient (Wildman–Crippen LogP) is 5.64. The molecule has 31 heavy (non-hydrogen) atoms. The Morgan fingerprint density at radius 2 is 1.71 bits per heavy atom. The van der Waals surface area contributed by atoms with Crippen LogP contribution in [0.1, 0.15) is 37.3 Å². The molecular weight excluding hydrogens is 430 g/mol. The van der Waals surface area contributed by atoms with Crippen LogP contribution in [0.2, 0.25) is 0 Å². The average molecular weight is 458 g/mol. The number of ether oxygens (including phenoxy) is 1. The van der Waals surface area contributed by atoms with Crippen LogP contribution in [0.3, 0.4) is 0 Å². The Hall–Kier alpha value is -2.08. The van der Waals surface area contributed by atoms with Gasteiger partial charge in [0.25, 0.3) is 0 Å². The fraction of sp³-hybridized carbons (Fsp3) is 0.360. The van der Waals surface area contributed by atoms with E-state index in [2.05, 4.69) is 12.1 Å². The Labute approximate surface area is 190 Å². The van der Waals surface area contributed by atoms with Crippen molar-refractivity contribution in [3.05, 3.63) is 81.4 Å². The molecule has 4 rings (SSSR count). The van der Waals surface area contributed by atoms with Crippen LogP contribution in [-0.2, 0) is 10.0 Å². The lowest BCUT2D eigenvalue weighted by molar-refractivity contribution is 0.274. The van der Waals surface area contributed by atoms with E-state index in [9.17, 15) is 8.42 Å². The summed E-state index contributed by atoms with van der Waals surface area (Å²) in [6.07, 6.45) is 0.915. The first-order chi connectivity index (χ1) is 14.7. The summed E-state index contributed by atoms with van der Waals surface area (Å²) in [7, 11) is -1.92. The second-order valence-corrected chi connectivity index (χ2v) is 10.9. The molecule has 2 aromatic rings. The van der Waals surface area contributed by atoms with Crippen LogP contribution in [0.15, 0.2) is 75.2 Å². The Bertz CT molecular complexity index is 1140. The van der Waals surface area contributed by atoms with Gasteiger partial charge in [-0.05, 0) is 68.5 Å². The SMILES string of the molecule is COc1ccc([C@@H]2C[C@@H]3CN(S(=O)(=O)c4ccc(C)cc4)CC(C(Cl)=C(C)C)=C32)cc1. The number of fused-ring (bicyclic) bond motifs is 1. The lowest BCUT2D eigenvalue weighted by Gasteiger charge is -2.47. The summed E-state index contributed by atoms with van der Waals surface area (Å²) in [4.78, 5) is 0.334. The monoisotopic (exact) mass is 457 g/mol. The molecular formula is C25H28ClNO3S. The smallest absolute Gasteiger partial charge is 0.243 e. The van der Waals surface area contributed by atoms with Crippen LogP contribution in [0.25, 0.3) is 0 Å². The first-order valence-corrected chi connectivity index (χ1v) is 12.3. The van der Waals surface area contributed by atoms with Crippen molar-refractivity contribution in [2.45, 2.75) is 38.0 Å². The van der Waals surface area contributed by atoms with Crippen LogP contribution < -0.4 is 4.74 Å². The van der Waals surface area contributed by atoms with Crippen LogP contribution in [-0.4, -0.2) is 32.9 Å². The lowest BCUT2D eigenvalue weighted by atomic mass is 9.63. The highest BCUT2D eigenvalue weighted by Crippen LogP contribution is 2.53. The molecule has 0 amide bonds. The summed E-state index contributed by atoms with van der Waals surface area (Å²) >= 11 is 6.75. The maximum Gasteiger partial charge on any atom is 0.243 e. The summed E-state index contributed by atoms with van der Waals surface area (Å²) in [6.45, 7) is 6.69. The van der Waals surface area contributed by atoms with E-state index in [0.717, 1.165) is 28.9 Å². The van der Waals surface area contributed by atoms with Gasteiger partial charge >= 0.3 is 0 Å². The Morgan fingerprint density at radius 3 is 2.29 bits per heavy atom. The molecule has 1 saturated carbocycles. The van der Waals surface area contributed by atoms with E-state index in [4.69, 9.17) is 16.3 Å². The third-order valence-electron chi connectivity index (χ3n) is 6.32. The Morgan fingerprint density at radius 1 is 1.06 bits per heavy atom. The molecule has 0 saturated heterocycles. The summed E-state index contributed by atoms with van der Waals surface area (Å²) in [5.74, 6) is 1.28. The maximum absolute atomic E-state index is 13.4. The molecule has 0 spiro atoms. The van der Waals surface area contributed by atoms with Gasteiger partial charge < -0.3 is 4.74 Å². The topological polar surface area (TPSA) is 46.6 Å². The highest BCUT2D eigenvalue weighted by molar-refractivity contribution is 7.89. The van der Waals surface area contributed by atoms with E-state index >= 15 is 0 Å². The number of allylic oxidation sites excluding steroid dienone is 1. The molecule has 0 aromatic heterocycles. The number of halogens is 1. The van der Waals surface area contributed by atoms with Crippen molar-refractivity contribution in [2.75, 3.05) is 20.2 Å². The fourth-order valence-corrected chi connectivity index (χ4v) is 6.18. The molecule has 6 heteroatoms. The van der Waals surface area contributed by atoms with Crippen molar-refractivity contribution in [1.82, 2.24) is 4.31 Å². The van der Waals surface area contributed by atoms with E-state index in [0.29, 0.717) is 23.0 Å². The average Bonchev–Trinajstić information content (AvgIpc) is 2.74. The third kappa shape index (κ3) is 4.07. The van der Waals surface area contributed by atoms with E-state index in [1.165, 1.54) is 11.1 Å². The summed E-state index contributed by atoms with van der Waals surface area (Å²) in [5, 5.41) is 0.682. The highest BCUT2D eigenvalue weighted by Gasteiger charge is 2.45. The summed E-state index contributed by atoms with van der Waals surface area (Å²) in [6, 6.07) is 15.2. The van der Waals surface area contributed by atoms with Gasteiger partial charge in [-0.3, -0.25) is 0 Å². The minimum absolute atomic E-state index is 0.184. The first-order valence-electron chi connectivity index (χ1n) is 10.5. The Kier molecular flexibility index (Phi) is 6.03. The van der Waals surface area contributed by atoms with Crippen molar-refractivity contribution in [1.29, 1.82) is 0 Å². The highest BCUT2D eigenvalue weighted by atomic mass is 35.5. The van der Waals surface area contributed by atoms with Gasteiger partial charge in [0.05, 0.1) is 12.0 Å². The van der Waals surface area contributed by atoms with E-state index in [-0.39, 0.29) is 11.8 Å². The van der Waals surface area contributed by atoms with Crippen molar-refractivity contribution in [2.24, 2.45) is 5.92 Å². The molecule has 2 aliphatic rings. The van der Waals surface area contributed by atoms with Crippen molar-refractivity contribution >= 4 is 21.6 Å². The Balaban J connectivity index is 1.71. The number of sulfonamides is 1. The number of hydrogen-bond acceptors (Lipinski definition) is 3. The number of methoxy groups -OCH3 is 1. The van der Waals surface area contributed by atoms with E-state index < -0.39 is 10.0 Å². The molecule has 2 aromatic carbocycles. The van der Waals surface area contributed by atoms with Crippen LogP contribution in [0.5, 0.6) is 5.75 Å². The second kappa shape index (κ2) is 8.45. The van der Waals surface area contributed by atoms with Gasteiger partial charge in [0.15, 0.2) is 0 Å². The molecule has 0 unspecified atom stereocenters. The van der Waals surface area contributed by atoms with E-state index in [1.54, 1.807) is 23.5 Å². The first kappa shape index (κ1) is 22.1. The summed E-state index contributed by atoms with van der Waals surface area (Å²) < 4.78 is 33.6. The van der Waals surface area contributed by atoms with Gasteiger partial charge in [-0.15, -0.1) is 0 Å². The van der Waals surface area contributed by atoms with Gasteiger partial charge in [0, 0.05) is 24.0 Å². The normalized spacial score (nSPS) is 21.3. The predicted molar refractivity (Wildman–Crippen MR) is 125 cm³/mol. The van der Waals surface area contributed by atoms with E-state index in [1.807, 2.05) is 45.0 Å². The fourth-order valence-electron chi connectivity index (χ4n) is 4.56. The number of hydrogen-bond donors (Lipinski definition) is 0. The molecule has 1 aliphatic heterocycles. The maximum atomic E-state index is 13.4. The zero-order valence-electron chi connectivity index (χ0n) is 18.4. The van der Waals surface area contributed by atoms with Gasteiger partial charge in [-0.2, -0.15) is 4.31 Å². The van der Waals surface area contributed by atoms with Crippen molar-refractivity contribution < 1.29 is 13.2 Å². The second-order valence-electron chi connectivity index (χ2n) is 8.62. The number of benzene rings is 2. The van der Waals surface area contributed by atoms with Crippen molar-refractivity contribution in [3.63, 3.8) is 0 Å². The van der Waals surface area contributed by atoms with Crippen LogP contribution in [0.4, 0.5) is 0 Å². The van der Waals surface area contributed by atoms with Gasteiger partial charge in [0.1, 0.15) is 5.75 Å². The van der Waals surface area contributed by atoms with Crippen molar-refractivity contribution in [3.8, 4) is 5.75 Å². The zero-order chi connectivity index (χ0) is 22.3. The zero-order valence-corrected chi connectivity index (χ0v) is 19.9. The third-order valence-corrected chi connectivity index (χ3v) is 8.76. The molecule has 0 bridgehead atoms. The number of rotatable bonds is 5. The molecule has 0 radical (unpaired) electrons. The number of nitrogens with zero attached hydrogens (tertiary/aromatic N) is 1. The summed E-state index contributed by atoms with van der Waals surface area (Å²) in [5.41, 5.74) is 5.50. The molecule has 1 heterocycles. The standard InChI is InChI=1S/C25H28ClNO3S/c1-16(2)25(26)23-15-27(31(28,29)21-11-5-17(3)6-12-21)14-19-13-22(24(19)23)18-7-9-20(30-4)10-8-18/h5-12,19,22H,13-15H2,1-4H3/t19-,22+/m1/s1. The molecule has 164 valence electrons. The lowest BCUT2D eigenvalue weighted by Crippen LogP contribution is -2.47. The molecule has 1 fully saturated rings. The van der Waals surface area contributed by atoms with Crippen LogP contribution in [0, 0.1) is 12.8 Å². The minimum Gasteiger partial charge on any atom is -0.497 e. The van der Waals surface area contributed by atoms with Crippen LogP contribution >= 0.6 is 11.6 Å². The largest absolute Gasteiger partial charge is 0.497 e. The molecule has 2 atom stereocenters. The van der Waals surface area contributed by atoms with Gasteiger partial charge in [-0.1, -0.05) is 52.6 Å². The van der Waals surface area contributed by atoms with Gasteiger partial charge in [0.2, 0.25) is 10.0 Å². The molecule has 1 aliphatic carbocycles. The van der Waals surface area contributed by atoms with Gasteiger partial charge in [-0.25, -0.2) is 8.42 Å².